The lowest BCUT2D eigenvalue weighted by atomic mass is 9.99. The lowest BCUT2D eigenvalue weighted by molar-refractivity contribution is -0.139. The van der Waals surface area contributed by atoms with E-state index < -0.39 is 30.1 Å². The van der Waals surface area contributed by atoms with Crippen LogP contribution in [0.3, 0.4) is 0 Å². The molecule has 0 fully saturated rings. The maximum atomic E-state index is 13.8. The molecule has 7 heteroatoms. The van der Waals surface area contributed by atoms with Gasteiger partial charge in [0.1, 0.15) is 0 Å². The van der Waals surface area contributed by atoms with Gasteiger partial charge < -0.3 is 9.84 Å². The van der Waals surface area contributed by atoms with Gasteiger partial charge in [-0.05, 0) is 29.3 Å². The van der Waals surface area contributed by atoms with Crippen LogP contribution in [0.1, 0.15) is 5.56 Å². The second-order valence-corrected chi connectivity index (χ2v) is 4.37. The van der Waals surface area contributed by atoms with Crippen molar-refractivity contribution in [3.8, 4) is 16.9 Å². The zero-order chi connectivity index (χ0) is 16.3. The highest BCUT2D eigenvalue weighted by Gasteiger charge is 2.33. The van der Waals surface area contributed by atoms with Crippen molar-refractivity contribution in [3.05, 3.63) is 53.8 Å². The van der Waals surface area contributed by atoms with Crippen molar-refractivity contribution < 1.29 is 32.2 Å². The predicted octanol–water partition coefficient (Wildman–Crippen LogP) is 3.97. The van der Waals surface area contributed by atoms with E-state index in [1.807, 2.05) is 0 Å². The van der Waals surface area contributed by atoms with E-state index in [0.29, 0.717) is 0 Å². The Kier molecular flexibility index (Phi) is 4.35. The Balaban J connectivity index is 2.39. The summed E-state index contributed by atoms with van der Waals surface area (Å²) in [4.78, 5) is 10.4. The first-order valence-electron chi connectivity index (χ1n) is 6.10. The van der Waals surface area contributed by atoms with Crippen molar-refractivity contribution in [1.29, 1.82) is 0 Å². The van der Waals surface area contributed by atoms with E-state index in [0.717, 1.165) is 18.2 Å². The Labute approximate surface area is 122 Å². The first kappa shape index (κ1) is 15.8. The molecule has 0 amide bonds. The number of carboxylic acid groups (broad SMARTS) is 1. The molecule has 0 aliphatic carbocycles. The van der Waals surface area contributed by atoms with E-state index in [4.69, 9.17) is 5.11 Å². The van der Waals surface area contributed by atoms with Crippen molar-refractivity contribution in [1.82, 2.24) is 0 Å². The summed E-state index contributed by atoms with van der Waals surface area (Å²) in [5.41, 5.74) is -1.03. The third-order valence-electron chi connectivity index (χ3n) is 2.83. The molecule has 0 saturated carbocycles. The fourth-order valence-electron chi connectivity index (χ4n) is 1.91. The summed E-state index contributed by atoms with van der Waals surface area (Å²) in [6, 6.07) is 8.01. The predicted molar refractivity (Wildman–Crippen MR) is 70.0 cm³/mol. The maximum Gasteiger partial charge on any atom is 0.417 e. The number of aliphatic carboxylic acids is 1. The summed E-state index contributed by atoms with van der Waals surface area (Å²) in [6.45, 7) is -0.741. The Morgan fingerprint density at radius 2 is 1.82 bits per heavy atom. The molecule has 0 spiro atoms. The number of ether oxygens (including phenoxy) is 1. The number of alkyl halides is 3. The summed E-state index contributed by atoms with van der Waals surface area (Å²) < 4.78 is 57.3. The Morgan fingerprint density at radius 3 is 2.41 bits per heavy atom. The highest BCUT2D eigenvalue weighted by Crippen LogP contribution is 2.37. The fourth-order valence-corrected chi connectivity index (χ4v) is 1.91. The molecule has 1 N–H and O–H groups in total. The fraction of sp³-hybridized carbons (Fsp3) is 0.133. The van der Waals surface area contributed by atoms with Crippen LogP contribution in [0.25, 0.3) is 11.1 Å². The molecule has 0 aromatic heterocycles. The number of hydrogen-bond donors (Lipinski definition) is 1. The van der Waals surface area contributed by atoms with Gasteiger partial charge in [-0.1, -0.05) is 24.3 Å². The molecule has 22 heavy (non-hydrogen) atoms. The number of hydrogen-bond acceptors (Lipinski definition) is 2. The van der Waals surface area contributed by atoms with Crippen LogP contribution in [0, 0.1) is 5.82 Å². The first-order chi connectivity index (χ1) is 10.3. The number of halogens is 4. The number of rotatable bonds is 4. The molecule has 0 saturated heterocycles. The second-order valence-electron chi connectivity index (χ2n) is 4.37. The summed E-state index contributed by atoms with van der Waals surface area (Å²) in [6.07, 6.45) is -4.56. The smallest absolute Gasteiger partial charge is 0.417 e. The standard InChI is InChI=1S/C15H10F4O3/c16-12-7-9(5-6-13(12)22-8-14(20)21)10-3-1-2-4-11(10)15(17,18)19/h1-7H,8H2,(H,20,21). The van der Waals surface area contributed by atoms with Crippen molar-refractivity contribution in [2.75, 3.05) is 6.61 Å². The van der Waals surface area contributed by atoms with E-state index >= 15 is 0 Å². The van der Waals surface area contributed by atoms with Gasteiger partial charge in [-0.15, -0.1) is 0 Å². The van der Waals surface area contributed by atoms with Gasteiger partial charge in [0.05, 0.1) is 5.56 Å². The molecule has 0 atom stereocenters. The molecule has 2 rings (SSSR count). The molecule has 0 unspecified atom stereocenters. The minimum atomic E-state index is -4.56. The average Bonchev–Trinajstić information content (AvgIpc) is 2.45. The minimum absolute atomic E-state index is 0.0214. The zero-order valence-corrected chi connectivity index (χ0v) is 11.0. The van der Waals surface area contributed by atoms with Crippen LogP contribution in [0.5, 0.6) is 5.75 Å². The molecule has 0 bridgehead atoms. The molecular weight excluding hydrogens is 304 g/mol. The van der Waals surface area contributed by atoms with Gasteiger partial charge in [-0.25, -0.2) is 9.18 Å². The first-order valence-corrected chi connectivity index (χ1v) is 6.10. The number of benzene rings is 2. The summed E-state index contributed by atoms with van der Waals surface area (Å²) >= 11 is 0. The van der Waals surface area contributed by atoms with E-state index in [9.17, 15) is 22.4 Å². The highest BCUT2D eigenvalue weighted by atomic mass is 19.4. The third-order valence-corrected chi connectivity index (χ3v) is 2.83. The molecule has 0 aliphatic rings. The molecule has 0 aliphatic heterocycles. The van der Waals surface area contributed by atoms with Crippen LogP contribution in [-0.4, -0.2) is 17.7 Å². The van der Waals surface area contributed by atoms with Crippen molar-refractivity contribution >= 4 is 5.97 Å². The van der Waals surface area contributed by atoms with Crippen LogP contribution in [-0.2, 0) is 11.0 Å². The monoisotopic (exact) mass is 314 g/mol. The number of carboxylic acids is 1. The molecular formula is C15H10F4O3. The van der Waals surface area contributed by atoms with Crippen LogP contribution in [0.4, 0.5) is 17.6 Å². The summed E-state index contributed by atoms with van der Waals surface area (Å²) in [5, 5.41) is 8.45. The SMILES string of the molecule is O=C(O)COc1ccc(-c2ccccc2C(F)(F)F)cc1F. The van der Waals surface area contributed by atoms with E-state index in [1.165, 1.54) is 24.3 Å². The quantitative estimate of drug-likeness (QED) is 0.869. The van der Waals surface area contributed by atoms with E-state index in [1.54, 1.807) is 0 Å². The molecule has 2 aromatic rings. The maximum absolute atomic E-state index is 13.8. The zero-order valence-electron chi connectivity index (χ0n) is 11.0. The minimum Gasteiger partial charge on any atom is -0.479 e. The summed E-state index contributed by atoms with van der Waals surface area (Å²) in [5.74, 6) is -2.56. The molecule has 2 aromatic carbocycles. The van der Waals surface area contributed by atoms with Crippen LogP contribution >= 0.6 is 0 Å². The van der Waals surface area contributed by atoms with E-state index in [-0.39, 0.29) is 16.9 Å². The van der Waals surface area contributed by atoms with Gasteiger partial charge in [0, 0.05) is 0 Å². The van der Waals surface area contributed by atoms with Crippen molar-refractivity contribution in [2.24, 2.45) is 0 Å². The third kappa shape index (κ3) is 3.55. The Hall–Kier alpha value is -2.57. The lowest BCUT2D eigenvalue weighted by Crippen LogP contribution is -2.10. The van der Waals surface area contributed by atoms with E-state index in [2.05, 4.69) is 4.74 Å². The number of carbonyl (C=O) groups is 1. The van der Waals surface area contributed by atoms with Gasteiger partial charge >= 0.3 is 12.1 Å². The topological polar surface area (TPSA) is 46.5 Å². The van der Waals surface area contributed by atoms with Crippen molar-refractivity contribution in [2.45, 2.75) is 6.18 Å². The largest absolute Gasteiger partial charge is 0.479 e. The molecule has 3 nitrogen and oxygen atoms in total. The lowest BCUT2D eigenvalue weighted by Gasteiger charge is -2.13. The average molecular weight is 314 g/mol. The second kappa shape index (κ2) is 6.05. The summed E-state index contributed by atoms with van der Waals surface area (Å²) in [7, 11) is 0. The van der Waals surface area contributed by atoms with Gasteiger partial charge in [0.15, 0.2) is 18.2 Å². The van der Waals surface area contributed by atoms with Crippen LogP contribution in [0.2, 0.25) is 0 Å². The normalized spacial score (nSPS) is 11.3. The molecule has 0 heterocycles. The Morgan fingerprint density at radius 1 is 1.14 bits per heavy atom. The van der Waals surface area contributed by atoms with Crippen LogP contribution < -0.4 is 4.74 Å². The Bertz CT molecular complexity index is 695. The van der Waals surface area contributed by atoms with Gasteiger partial charge in [-0.2, -0.15) is 13.2 Å². The molecule has 116 valence electrons. The highest BCUT2D eigenvalue weighted by molar-refractivity contribution is 5.70. The van der Waals surface area contributed by atoms with Crippen molar-refractivity contribution in [3.63, 3.8) is 0 Å². The van der Waals surface area contributed by atoms with Crippen LogP contribution in [0.15, 0.2) is 42.5 Å². The van der Waals surface area contributed by atoms with Gasteiger partial charge in [-0.3, -0.25) is 0 Å². The van der Waals surface area contributed by atoms with Gasteiger partial charge in [0.2, 0.25) is 0 Å². The van der Waals surface area contributed by atoms with Gasteiger partial charge in [0.25, 0.3) is 0 Å². The molecule has 0 radical (unpaired) electrons.